The number of aliphatic hydroxyl groups is 1. The second kappa shape index (κ2) is 6.66. The zero-order valence-corrected chi connectivity index (χ0v) is 11.1. The predicted molar refractivity (Wildman–Crippen MR) is 73.8 cm³/mol. The highest BCUT2D eigenvalue weighted by Crippen LogP contribution is 2.28. The van der Waals surface area contributed by atoms with Crippen molar-refractivity contribution in [3.8, 4) is 5.75 Å². The number of rotatable bonds is 7. The molecule has 0 aliphatic rings. The molecule has 1 aromatic heterocycles. The van der Waals surface area contributed by atoms with Gasteiger partial charge in [-0.25, -0.2) is 0 Å². The lowest BCUT2D eigenvalue weighted by Crippen LogP contribution is -2.03. The van der Waals surface area contributed by atoms with Crippen molar-refractivity contribution in [1.82, 2.24) is 15.0 Å². The van der Waals surface area contributed by atoms with Gasteiger partial charge in [0, 0.05) is 13.2 Å². The van der Waals surface area contributed by atoms with Gasteiger partial charge < -0.3 is 15.5 Å². The second-order valence-electron chi connectivity index (χ2n) is 4.36. The highest BCUT2D eigenvalue weighted by Gasteiger charge is 2.14. The number of aryl methyl sites for hydroxylation is 1. The molecule has 0 bridgehead atoms. The molecule has 0 aliphatic heterocycles. The lowest BCUT2D eigenvalue weighted by atomic mass is 10.2. The van der Waals surface area contributed by atoms with Gasteiger partial charge in [-0.1, -0.05) is 5.21 Å². The number of hydrogen-bond donors (Lipinski definition) is 3. The van der Waals surface area contributed by atoms with E-state index in [1.165, 1.54) is 12.1 Å². The van der Waals surface area contributed by atoms with Crippen LogP contribution in [0.1, 0.15) is 12.1 Å². The maximum absolute atomic E-state index is 10.9. The smallest absolute Gasteiger partial charge is 0.296 e. The highest BCUT2D eigenvalue weighted by molar-refractivity contribution is 5.63. The Labute approximate surface area is 120 Å². The number of nitro benzene ring substituents is 1. The molecule has 3 N–H and O–H groups in total. The van der Waals surface area contributed by atoms with Crippen LogP contribution in [0.3, 0.4) is 0 Å². The second-order valence-corrected chi connectivity index (χ2v) is 4.36. The molecule has 9 nitrogen and oxygen atoms in total. The lowest BCUT2D eigenvalue weighted by molar-refractivity contribution is -0.384. The quantitative estimate of drug-likeness (QED) is 0.393. The third-order valence-corrected chi connectivity index (χ3v) is 2.77. The van der Waals surface area contributed by atoms with E-state index < -0.39 is 4.92 Å². The zero-order valence-electron chi connectivity index (χ0n) is 11.1. The fourth-order valence-corrected chi connectivity index (χ4v) is 1.77. The van der Waals surface area contributed by atoms with Gasteiger partial charge in [-0.15, -0.1) is 5.10 Å². The fraction of sp³-hybridized carbons (Fsp3) is 0.333. The van der Waals surface area contributed by atoms with E-state index in [-0.39, 0.29) is 24.6 Å². The van der Waals surface area contributed by atoms with Crippen LogP contribution in [0.2, 0.25) is 0 Å². The molecule has 0 spiro atoms. The van der Waals surface area contributed by atoms with Crippen molar-refractivity contribution in [2.24, 2.45) is 0 Å². The van der Waals surface area contributed by atoms with Crippen molar-refractivity contribution in [1.29, 1.82) is 0 Å². The van der Waals surface area contributed by atoms with Crippen LogP contribution in [-0.2, 0) is 13.1 Å². The molecule has 2 aromatic rings. The van der Waals surface area contributed by atoms with Crippen molar-refractivity contribution < 1.29 is 15.1 Å². The summed E-state index contributed by atoms with van der Waals surface area (Å²) in [5.41, 5.74) is 0.709. The molecule has 0 amide bonds. The van der Waals surface area contributed by atoms with Gasteiger partial charge in [0.05, 0.1) is 23.7 Å². The first-order valence-electron chi connectivity index (χ1n) is 6.31. The van der Waals surface area contributed by atoms with Crippen LogP contribution in [-0.4, -0.2) is 36.7 Å². The highest BCUT2D eigenvalue weighted by atomic mass is 16.6. The number of phenolic OH excluding ortho intramolecular Hbond substituents is 1. The summed E-state index contributed by atoms with van der Waals surface area (Å²) in [6, 6.07) is 3.89. The Hall–Kier alpha value is -2.68. The number of aliphatic hydroxyl groups excluding tert-OH is 1. The van der Waals surface area contributed by atoms with Gasteiger partial charge in [0.25, 0.3) is 5.69 Å². The zero-order chi connectivity index (χ0) is 15.2. The predicted octanol–water partition coefficient (Wildman–Crippen LogP) is 0.886. The van der Waals surface area contributed by atoms with Crippen LogP contribution in [0.15, 0.2) is 24.4 Å². The van der Waals surface area contributed by atoms with E-state index in [1.54, 1.807) is 10.9 Å². The molecule has 2 rings (SSSR count). The normalized spacial score (nSPS) is 10.5. The van der Waals surface area contributed by atoms with Gasteiger partial charge in [0.1, 0.15) is 17.1 Å². The minimum absolute atomic E-state index is 0.0765. The molecule has 9 heteroatoms. The number of nitrogens with one attached hydrogen (secondary N) is 1. The summed E-state index contributed by atoms with van der Waals surface area (Å²) in [6.07, 6.45) is 2.29. The maximum Gasteiger partial charge on any atom is 0.296 e. The molecule has 21 heavy (non-hydrogen) atoms. The van der Waals surface area contributed by atoms with Crippen molar-refractivity contribution in [2.45, 2.75) is 19.5 Å². The number of nitro groups is 1. The Kier molecular flexibility index (Phi) is 4.67. The summed E-state index contributed by atoms with van der Waals surface area (Å²) in [7, 11) is 0. The standard InChI is InChI=1S/C12H15N5O4/c18-5-1-4-16-8-9(14-15-16)7-13-11-3-2-10(19)6-12(11)17(20)21/h2-3,6,8,13,18-19H,1,4-5,7H2. The van der Waals surface area contributed by atoms with Crippen LogP contribution in [0.25, 0.3) is 0 Å². The van der Waals surface area contributed by atoms with Gasteiger partial charge in [0.2, 0.25) is 0 Å². The minimum Gasteiger partial charge on any atom is -0.508 e. The summed E-state index contributed by atoms with van der Waals surface area (Å²) >= 11 is 0. The number of benzene rings is 1. The van der Waals surface area contributed by atoms with Crippen LogP contribution in [0.4, 0.5) is 11.4 Å². The molecule has 0 unspecified atom stereocenters. The lowest BCUT2D eigenvalue weighted by Gasteiger charge is -2.05. The maximum atomic E-state index is 10.9. The molecule has 0 saturated heterocycles. The topological polar surface area (TPSA) is 126 Å². The van der Waals surface area contributed by atoms with Crippen molar-refractivity contribution in [2.75, 3.05) is 11.9 Å². The average molecular weight is 293 g/mol. The van der Waals surface area contributed by atoms with E-state index in [1.807, 2.05) is 0 Å². The molecule has 112 valence electrons. The number of aromatic nitrogens is 3. The first-order valence-corrected chi connectivity index (χ1v) is 6.31. The Morgan fingerprint density at radius 2 is 2.24 bits per heavy atom. The van der Waals surface area contributed by atoms with Gasteiger partial charge in [-0.2, -0.15) is 0 Å². The van der Waals surface area contributed by atoms with E-state index in [0.717, 1.165) is 6.07 Å². The van der Waals surface area contributed by atoms with E-state index in [9.17, 15) is 15.2 Å². The molecule has 1 heterocycles. The third kappa shape index (κ3) is 3.89. The molecule has 0 saturated carbocycles. The molecule has 0 fully saturated rings. The van der Waals surface area contributed by atoms with E-state index in [4.69, 9.17) is 5.11 Å². The largest absolute Gasteiger partial charge is 0.508 e. The van der Waals surface area contributed by atoms with E-state index in [0.29, 0.717) is 24.3 Å². The summed E-state index contributed by atoms with van der Waals surface area (Å²) < 4.78 is 1.60. The fourth-order valence-electron chi connectivity index (χ4n) is 1.77. The average Bonchev–Trinajstić information content (AvgIpc) is 2.91. The van der Waals surface area contributed by atoms with Gasteiger partial charge in [-0.3, -0.25) is 14.8 Å². The van der Waals surface area contributed by atoms with E-state index >= 15 is 0 Å². The van der Waals surface area contributed by atoms with Crippen molar-refractivity contribution >= 4 is 11.4 Å². The number of phenols is 1. The van der Waals surface area contributed by atoms with E-state index in [2.05, 4.69) is 15.6 Å². The van der Waals surface area contributed by atoms with Crippen LogP contribution < -0.4 is 5.32 Å². The van der Waals surface area contributed by atoms with Crippen LogP contribution in [0, 0.1) is 10.1 Å². The van der Waals surface area contributed by atoms with Crippen LogP contribution in [0.5, 0.6) is 5.75 Å². The van der Waals surface area contributed by atoms with Crippen LogP contribution >= 0.6 is 0 Å². The molecule has 0 aliphatic carbocycles. The summed E-state index contributed by atoms with van der Waals surface area (Å²) in [4.78, 5) is 10.3. The Balaban J connectivity index is 2.03. The number of hydrogen-bond acceptors (Lipinski definition) is 7. The minimum atomic E-state index is -0.569. The number of anilines is 1. The van der Waals surface area contributed by atoms with Crippen molar-refractivity contribution in [3.05, 3.63) is 40.2 Å². The molecular formula is C12H15N5O4. The Morgan fingerprint density at radius 1 is 1.43 bits per heavy atom. The van der Waals surface area contributed by atoms with Gasteiger partial charge in [0.15, 0.2) is 0 Å². The molecule has 1 aromatic carbocycles. The molecule has 0 radical (unpaired) electrons. The Morgan fingerprint density at radius 3 is 2.95 bits per heavy atom. The summed E-state index contributed by atoms with van der Waals surface area (Å²) in [5.74, 6) is -0.165. The Bertz CT molecular complexity index is 628. The summed E-state index contributed by atoms with van der Waals surface area (Å²) in [5, 5.41) is 39.6. The first kappa shape index (κ1) is 14.7. The third-order valence-electron chi connectivity index (χ3n) is 2.77. The number of nitrogens with zero attached hydrogens (tertiary/aromatic N) is 4. The molecular weight excluding hydrogens is 278 g/mol. The SMILES string of the molecule is O=[N+]([O-])c1cc(O)ccc1NCc1cn(CCCO)nn1. The monoisotopic (exact) mass is 293 g/mol. The van der Waals surface area contributed by atoms with Gasteiger partial charge in [-0.05, 0) is 18.6 Å². The van der Waals surface area contributed by atoms with Gasteiger partial charge >= 0.3 is 0 Å². The summed E-state index contributed by atoms with van der Waals surface area (Å²) in [6.45, 7) is 0.904. The first-order chi connectivity index (χ1) is 10.1. The van der Waals surface area contributed by atoms with Crippen molar-refractivity contribution in [3.63, 3.8) is 0 Å². The number of aromatic hydroxyl groups is 1. The molecule has 0 atom stereocenters.